The van der Waals surface area contributed by atoms with Crippen molar-refractivity contribution in [1.29, 1.82) is 0 Å². The first-order valence-electron chi connectivity index (χ1n) is 7.34. The van der Waals surface area contributed by atoms with Crippen molar-refractivity contribution in [2.24, 2.45) is 5.41 Å². The lowest BCUT2D eigenvalue weighted by Gasteiger charge is -2.42. The first-order chi connectivity index (χ1) is 7.84. The molecular formula is C15H32N2. The van der Waals surface area contributed by atoms with Crippen molar-refractivity contribution >= 4 is 0 Å². The van der Waals surface area contributed by atoms with Crippen molar-refractivity contribution in [3.8, 4) is 0 Å². The lowest BCUT2D eigenvalue weighted by molar-refractivity contribution is 0.0879. The van der Waals surface area contributed by atoms with Crippen LogP contribution in [0.25, 0.3) is 0 Å². The molecule has 0 aromatic carbocycles. The molecule has 0 aliphatic carbocycles. The van der Waals surface area contributed by atoms with Crippen LogP contribution in [0.15, 0.2) is 0 Å². The SMILES string of the molecule is CCC1(CC)CN(C(C)C(C)(C)C)CCCN1. The van der Waals surface area contributed by atoms with Crippen molar-refractivity contribution in [2.75, 3.05) is 19.6 Å². The number of rotatable bonds is 3. The summed E-state index contributed by atoms with van der Waals surface area (Å²) >= 11 is 0. The van der Waals surface area contributed by atoms with E-state index in [2.05, 4.69) is 51.8 Å². The summed E-state index contributed by atoms with van der Waals surface area (Å²) in [6, 6.07) is 0.653. The predicted octanol–water partition coefficient (Wildman–Crippen LogP) is 3.28. The zero-order valence-corrected chi connectivity index (χ0v) is 12.8. The third-order valence-corrected chi connectivity index (χ3v) is 4.78. The Hall–Kier alpha value is -0.0800. The Morgan fingerprint density at radius 2 is 1.82 bits per heavy atom. The van der Waals surface area contributed by atoms with Gasteiger partial charge in [0.15, 0.2) is 0 Å². The van der Waals surface area contributed by atoms with Crippen LogP contribution in [0.1, 0.15) is 60.8 Å². The van der Waals surface area contributed by atoms with Gasteiger partial charge in [0.2, 0.25) is 0 Å². The van der Waals surface area contributed by atoms with Gasteiger partial charge in [0.25, 0.3) is 0 Å². The summed E-state index contributed by atoms with van der Waals surface area (Å²) in [4.78, 5) is 2.70. The molecular weight excluding hydrogens is 208 g/mol. The Morgan fingerprint density at radius 3 is 2.29 bits per heavy atom. The van der Waals surface area contributed by atoms with Crippen LogP contribution in [0.5, 0.6) is 0 Å². The summed E-state index contributed by atoms with van der Waals surface area (Å²) in [5.74, 6) is 0. The maximum Gasteiger partial charge on any atom is 0.0303 e. The molecule has 2 nitrogen and oxygen atoms in total. The van der Waals surface area contributed by atoms with Gasteiger partial charge in [0, 0.05) is 18.1 Å². The van der Waals surface area contributed by atoms with Gasteiger partial charge in [-0.05, 0) is 44.7 Å². The van der Waals surface area contributed by atoms with E-state index < -0.39 is 0 Å². The molecule has 1 saturated heterocycles. The molecule has 0 aromatic heterocycles. The lowest BCUT2D eigenvalue weighted by Crippen LogP contribution is -2.54. The van der Waals surface area contributed by atoms with Gasteiger partial charge in [0.1, 0.15) is 0 Å². The van der Waals surface area contributed by atoms with Gasteiger partial charge in [-0.25, -0.2) is 0 Å². The molecule has 1 fully saturated rings. The van der Waals surface area contributed by atoms with Gasteiger partial charge in [-0.15, -0.1) is 0 Å². The largest absolute Gasteiger partial charge is 0.310 e. The van der Waals surface area contributed by atoms with Crippen molar-refractivity contribution in [3.05, 3.63) is 0 Å². The molecule has 0 saturated carbocycles. The van der Waals surface area contributed by atoms with Crippen LogP contribution in [-0.4, -0.2) is 36.1 Å². The monoisotopic (exact) mass is 240 g/mol. The third kappa shape index (κ3) is 3.69. The molecule has 0 spiro atoms. The molecule has 1 atom stereocenters. The number of hydrogen-bond acceptors (Lipinski definition) is 2. The molecule has 1 aliphatic rings. The molecule has 0 aromatic rings. The summed E-state index contributed by atoms with van der Waals surface area (Å²) in [6.07, 6.45) is 3.75. The molecule has 1 unspecified atom stereocenters. The normalized spacial score (nSPS) is 24.4. The lowest BCUT2D eigenvalue weighted by atomic mass is 9.85. The van der Waals surface area contributed by atoms with Crippen LogP contribution in [0, 0.1) is 5.41 Å². The molecule has 0 radical (unpaired) electrons. The average molecular weight is 240 g/mol. The highest BCUT2D eigenvalue weighted by Gasteiger charge is 2.35. The molecule has 0 bridgehead atoms. The topological polar surface area (TPSA) is 15.3 Å². The van der Waals surface area contributed by atoms with E-state index in [1.54, 1.807) is 0 Å². The Morgan fingerprint density at radius 1 is 1.24 bits per heavy atom. The van der Waals surface area contributed by atoms with Crippen molar-refractivity contribution in [3.63, 3.8) is 0 Å². The van der Waals surface area contributed by atoms with E-state index in [1.165, 1.54) is 38.9 Å². The van der Waals surface area contributed by atoms with Crippen LogP contribution in [0.3, 0.4) is 0 Å². The zero-order chi connectivity index (χ0) is 13.1. The summed E-state index contributed by atoms with van der Waals surface area (Å²) < 4.78 is 0. The average Bonchev–Trinajstić information content (AvgIpc) is 2.49. The predicted molar refractivity (Wildman–Crippen MR) is 76.4 cm³/mol. The van der Waals surface area contributed by atoms with Crippen LogP contribution in [-0.2, 0) is 0 Å². The van der Waals surface area contributed by atoms with E-state index in [-0.39, 0.29) is 0 Å². The number of nitrogens with zero attached hydrogens (tertiary/aromatic N) is 1. The van der Waals surface area contributed by atoms with Crippen LogP contribution < -0.4 is 5.32 Å². The molecule has 2 heteroatoms. The van der Waals surface area contributed by atoms with E-state index in [4.69, 9.17) is 0 Å². The highest BCUT2D eigenvalue weighted by atomic mass is 15.2. The maximum atomic E-state index is 3.79. The fourth-order valence-electron chi connectivity index (χ4n) is 2.76. The van der Waals surface area contributed by atoms with Gasteiger partial charge in [-0.1, -0.05) is 34.6 Å². The van der Waals surface area contributed by atoms with Gasteiger partial charge < -0.3 is 5.32 Å². The van der Waals surface area contributed by atoms with Crippen LogP contribution in [0.4, 0.5) is 0 Å². The summed E-state index contributed by atoms with van der Waals surface area (Å²) in [7, 11) is 0. The Bertz CT molecular complexity index is 226. The molecule has 1 heterocycles. The van der Waals surface area contributed by atoms with Crippen molar-refractivity contribution in [2.45, 2.75) is 72.4 Å². The van der Waals surface area contributed by atoms with Crippen LogP contribution >= 0.6 is 0 Å². The first kappa shape index (κ1) is 15.0. The Balaban J connectivity index is 2.79. The van der Waals surface area contributed by atoms with E-state index in [1.807, 2.05) is 0 Å². The summed E-state index contributed by atoms with van der Waals surface area (Å²) in [6.45, 7) is 17.7. The molecule has 0 amide bonds. The third-order valence-electron chi connectivity index (χ3n) is 4.78. The van der Waals surface area contributed by atoms with Gasteiger partial charge in [0.05, 0.1) is 0 Å². The number of nitrogens with one attached hydrogen (secondary N) is 1. The maximum absolute atomic E-state index is 3.79. The van der Waals surface area contributed by atoms with Gasteiger partial charge >= 0.3 is 0 Å². The minimum atomic E-state index is 0.343. The minimum absolute atomic E-state index is 0.343. The zero-order valence-electron chi connectivity index (χ0n) is 12.8. The standard InChI is InChI=1S/C15H32N2/c1-7-15(8-2)12-17(11-9-10-16-15)13(3)14(4,5)6/h13,16H,7-12H2,1-6H3. The molecule has 17 heavy (non-hydrogen) atoms. The Kier molecular flexibility index (Phi) is 5.03. The molecule has 1 N–H and O–H groups in total. The fourth-order valence-corrected chi connectivity index (χ4v) is 2.76. The highest BCUT2D eigenvalue weighted by molar-refractivity contribution is 4.94. The Labute approximate surface area is 108 Å². The van der Waals surface area contributed by atoms with E-state index in [0.717, 1.165) is 0 Å². The molecule has 1 aliphatic heterocycles. The van der Waals surface area contributed by atoms with E-state index in [0.29, 0.717) is 17.0 Å². The first-order valence-corrected chi connectivity index (χ1v) is 7.34. The molecule has 1 rings (SSSR count). The molecule has 102 valence electrons. The quantitative estimate of drug-likeness (QED) is 0.814. The van der Waals surface area contributed by atoms with E-state index in [9.17, 15) is 0 Å². The summed E-state index contributed by atoms with van der Waals surface area (Å²) in [5, 5.41) is 3.79. The van der Waals surface area contributed by atoms with Crippen molar-refractivity contribution in [1.82, 2.24) is 10.2 Å². The minimum Gasteiger partial charge on any atom is -0.310 e. The smallest absolute Gasteiger partial charge is 0.0303 e. The second kappa shape index (κ2) is 5.71. The van der Waals surface area contributed by atoms with Crippen molar-refractivity contribution < 1.29 is 0 Å². The highest BCUT2D eigenvalue weighted by Crippen LogP contribution is 2.28. The van der Waals surface area contributed by atoms with E-state index >= 15 is 0 Å². The number of hydrogen-bond donors (Lipinski definition) is 1. The van der Waals surface area contributed by atoms with Gasteiger partial charge in [-0.2, -0.15) is 0 Å². The summed E-state index contributed by atoms with van der Waals surface area (Å²) in [5.41, 5.74) is 0.716. The fraction of sp³-hybridized carbons (Fsp3) is 1.00. The second-order valence-corrected chi connectivity index (χ2v) is 6.78. The van der Waals surface area contributed by atoms with Gasteiger partial charge in [-0.3, -0.25) is 4.90 Å². The van der Waals surface area contributed by atoms with Crippen LogP contribution in [0.2, 0.25) is 0 Å². The second-order valence-electron chi connectivity index (χ2n) is 6.78.